The van der Waals surface area contributed by atoms with Crippen LogP contribution in [0.2, 0.25) is 0 Å². The molecule has 0 saturated carbocycles. The molecule has 16 heavy (non-hydrogen) atoms. The molecule has 87 valence electrons. The molecule has 1 saturated heterocycles. The van der Waals surface area contributed by atoms with Crippen molar-refractivity contribution < 1.29 is 4.74 Å². The quantitative estimate of drug-likeness (QED) is 0.754. The van der Waals surface area contributed by atoms with Crippen LogP contribution in [0.5, 0.6) is 0 Å². The van der Waals surface area contributed by atoms with Crippen molar-refractivity contribution in [3.63, 3.8) is 0 Å². The lowest BCUT2D eigenvalue weighted by molar-refractivity contribution is 0.122. The van der Waals surface area contributed by atoms with Crippen molar-refractivity contribution in [1.82, 2.24) is 4.98 Å². The average molecular weight is 221 g/mol. The minimum absolute atomic E-state index is 0.601. The predicted octanol–water partition coefficient (Wildman–Crippen LogP) is 0.0890. The van der Waals surface area contributed by atoms with E-state index in [2.05, 4.69) is 21.3 Å². The Balaban J connectivity index is 2.02. The molecule has 1 fully saturated rings. The van der Waals surface area contributed by atoms with Crippen molar-refractivity contribution in [1.29, 1.82) is 0 Å². The number of nitrogens with one attached hydrogen (secondary N) is 1. The standard InChI is InChI=1S/C11H17N4O/c12-4-5-13-10-2-1-3-11(14-10)15-6-8-16-9-7-15/h2-3H,4-9,12H2,(H,13,14). The fraction of sp³-hybridized carbons (Fsp3) is 0.545. The van der Waals surface area contributed by atoms with Gasteiger partial charge in [0, 0.05) is 26.2 Å². The molecule has 1 aliphatic heterocycles. The maximum absolute atomic E-state index is 5.43. The van der Waals surface area contributed by atoms with E-state index < -0.39 is 0 Å². The van der Waals surface area contributed by atoms with Crippen LogP contribution in [0, 0.1) is 6.07 Å². The van der Waals surface area contributed by atoms with E-state index in [4.69, 9.17) is 10.5 Å². The van der Waals surface area contributed by atoms with E-state index in [0.717, 1.165) is 44.5 Å². The van der Waals surface area contributed by atoms with Crippen LogP contribution in [0.1, 0.15) is 0 Å². The van der Waals surface area contributed by atoms with Gasteiger partial charge in [-0.05, 0) is 18.2 Å². The van der Waals surface area contributed by atoms with Gasteiger partial charge in [0.1, 0.15) is 11.6 Å². The van der Waals surface area contributed by atoms with E-state index in [1.165, 1.54) is 0 Å². The van der Waals surface area contributed by atoms with Crippen molar-refractivity contribution in [2.45, 2.75) is 0 Å². The number of ether oxygens (including phenoxy) is 1. The molecule has 0 unspecified atom stereocenters. The van der Waals surface area contributed by atoms with Crippen molar-refractivity contribution in [2.75, 3.05) is 49.6 Å². The molecule has 0 aliphatic carbocycles. The molecule has 1 radical (unpaired) electrons. The van der Waals surface area contributed by atoms with Gasteiger partial charge < -0.3 is 20.7 Å². The zero-order valence-corrected chi connectivity index (χ0v) is 9.28. The molecule has 0 bridgehead atoms. The van der Waals surface area contributed by atoms with Gasteiger partial charge in [-0.25, -0.2) is 4.98 Å². The number of hydrogen-bond acceptors (Lipinski definition) is 5. The van der Waals surface area contributed by atoms with Gasteiger partial charge >= 0.3 is 0 Å². The van der Waals surface area contributed by atoms with Gasteiger partial charge in [-0.2, -0.15) is 0 Å². The van der Waals surface area contributed by atoms with Gasteiger partial charge in [-0.1, -0.05) is 0 Å². The number of nitrogens with zero attached hydrogens (tertiary/aromatic N) is 2. The van der Waals surface area contributed by atoms with Gasteiger partial charge in [0.25, 0.3) is 0 Å². The minimum Gasteiger partial charge on any atom is -0.378 e. The second-order valence-electron chi connectivity index (χ2n) is 3.63. The van der Waals surface area contributed by atoms with Gasteiger partial charge in [0.2, 0.25) is 0 Å². The molecule has 3 N–H and O–H groups in total. The molecular weight excluding hydrogens is 204 g/mol. The van der Waals surface area contributed by atoms with Crippen LogP contribution in [0.4, 0.5) is 11.6 Å². The summed E-state index contributed by atoms with van der Waals surface area (Å²) in [5.41, 5.74) is 5.43. The zero-order valence-electron chi connectivity index (χ0n) is 9.28. The molecular formula is C11H17N4O. The molecule has 5 heteroatoms. The molecule has 0 spiro atoms. The Labute approximate surface area is 95.6 Å². The largest absolute Gasteiger partial charge is 0.378 e. The van der Waals surface area contributed by atoms with E-state index in [9.17, 15) is 0 Å². The Morgan fingerprint density at radius 1 is 1.44 bits per heavy atom. The third-order valence-corrected chi connectivity index (χ3v) is 2.45. The summed E-state index contributed by atoms with van der Waals surface area (Å²) in [5, 5.41) is 3.15. The second-order valence-corrected chi connectivity index (χ2v) is 3.63. The first kappa shape index (κ1) is 11.2. The Morgan fingerprint density at radius 3 is 3.00 bits per heavy atom. The third kappa shape index (κ3) is 2.84. The number of aromatic nitrogens is 1. The Morgan fingerprint density at radius 2 is 2.25 bits per heavy atom. The zero-order chi connectivity index (χ0) is 11.2. The van der Waals surface area contributed by atoms with Gasteiger partial charge in [0.05, 0.1) is 13.2 Å². The highest BCUT2D eigenvalue weighted by Gasteiger charge is 2.12. The summed E-state index contributed by atoms with van der Waals surface area (Å²) in [4.78, 5) is 6.71. The first-order chi connectivity index (χ1) is 7.90. The second kappa shape index (κ2) is 5.67. The van der Waals surface area contributed by atoms with Gasteiger partial charge in [0.15, 0.2) is 0 Å². The highest BCUT2D eigenvalue weighted by molar-refractivity contribution is 5.46. The van der Waals surface area contributed by atoms with Crippen LogP contribution in [0.25, 0.3) is 0 Å². The minimum atomic E-state index is 0.601. The lowest BCUT2D eigenvalue weighted by Gasteiger charge is -2.27. The fourth-order valence-electron chi connectivity index (χ4n) is 1.63. The smallest absolute Gasteiger partial charge is 0.131 e. The molecule has 1 aromatic rings. The number of anilines is 2. The number of morpholine rings is 1. The van der Waals surface area contributed by atoms with Crippen molar-refractivity contribution in [3.8, 4) is 0 Å². The Kier molecular flexibility index (Phi) is 3.96. The molecule has 2 heterocycles. The molecule has 0 aromatic carbocycles. The van der Waals surface area contributed by atoms with E-state index >= 15 is 0 Å². The van der Waals surface area contributed by atoms with E-state index in [1.807, 2.05) is 12.1 Å². The summed E-state index contributed by atoms with van der Waals surface area (Å²) in [6.45, 7) is 4.64. The summed E-state index contributed by atoms with van der Waals surface area (Å²) in [7, 11) is 0. The normalized spacial score (nSPS) is 16.2. The average Bonchev–Trinajstić information content (AvgIpc) is 2.38. The summed E-state index contributed by atoms with van der Waals surface area (Å²) in [6.07, 6.45) is 0. The predicted molar refractivity (Wildman–Crippen MR) is 63.6 cm³/mol. The summed E-state index contributed by atoms with van der Waals surface area (Å²) < 4.78 is 5.30. The number of hydrogen-bond donors (Lipinski definition) is 2. The van der Waals surface area contributed by atoms with E-state index in [-0.39, 0.29) is 0 Å². The summed E-state index contributed by atoms with van der Waals surface area (Å²) in [5.74, 6) is 1.78. The first-order valence-electron chi connectivity index (χ1n) is 5.55. The molecule has 0 atom stereocenters. The van der Waals surface area contributed by atoms with Crippen molar-refractivity contribution in [2.24, 2.45) is 5.73 Å². The highest BCUT2D eigenvalue weighted by atomic mass is 16.5. The number of pyridine rings is 1. The van der Waals surface area contributed by atoms with Crippen LogP contribution >= 0.6 is 0 Å². The lowest BCUT2D eigenvalue weighted by atomic mass is 10.3. The van der Waals surface area contributed by atoms with E-state index in [1.54, 1.807) is 0 Å². The van der Waals surface area contributed by atoms with E-state index in [0.29, 0.717) is 6.54 Å². The summed E-state index contributed by atoms with van der Waals surface area (Å²) >= 11 is 0. The molecule has 5 nitrogen and oxygen atoms in total. The molecule has 1 aliphatic rings. The van der Waals surface area contributed by atoms with Crippen molar-refractivity contribution >= 4 is 11.6 Å². The van der Waals surface area contributed by atoms with Crippen LogP contribution in [0.15, 0.2) is 12.1 Å². The topological polar surface area (TPSA) is 63.4 Å². The molecule has 2 rings (SSSR count). The lowest BCUT2D eigenvalue weighted by Crippen LogP contribution is -2.36. The monoisotopic (exact) mass is 221 g/mol. The SMILES string of the molecule is NCCNc1c[c]cc(N2CCOCC2)n1. The molecule has 1 aromatic heterocycles. The number of nitrogens with two attached hydrogens (primary N) is 1. The Bertz CT molecular complexity index is 326. The highest BCUT2D eigenvalue weighted by Crippen LogP contribution is 2.14. The third-order valence-electron chi connectivity index (χ3n) is 2.45. The first-order valence-corrected chi connectivity index (χ1v) is 5.55. The Hall–Kier alpha value is -1.33. The van der Waals surface area contributed by atoms with Crippen LogP contribution in [-0.2, 0) is 4.74 Å². The van der Waals surface area contributed by atoms with Gasteiger partial charge in [-0.15, -0.1) is 0 Å². The fourth-order valence-corrected chi connectivity index (χ4v) is 1.63. The summed E-state index contributed by atoms with van der Waals surface area (Å²) in [6, 6.07) is 6.82. The van der Waals surface area contributed by atoms with Crippen molar-refractivity contribution in [3.05, 3.63) is 18.2 Å². The number of rotatable bonds is 4. The maximum atomic E-state index is 5.43. The van der Waals surface area contributed by atoms with Gasteiger partial charge in [-0.3, -0.25) is 0 Å². The van der Waals surface area contributed by atoms with Crippen LogP contribution in [0.3, 0.4) is 0 Å². The van der Waals surface area contributed by atoms with Crippen LogP contribution < -0.4 is 16.0 Å². The molecule has 0 amide bonds. The maximum Gasteiger partial charge on any atom is 0.131 e. The van der Waals surface area contributed by atoms with Crippen LogP contribution in [-0.4, -0.2) is 44.4 Å².